The number of nitrogen functional groups attached to an aromatic ring is 1. The van der Waals surface area contributed by atoms with Crippen molar-refractivity contribution in [2.45, 2.75) is 10.9 Å². The van der Waals surface area contributed by atoms with E-state index in [0.29, 0.717) is 0 Å². The van der Waals surface area contributed by atoms with Crippen LogP contribution in [-0.2, 0) is 5.75 Å². The van der Waals surface area contributed by atoms with Gasteiger partial charge in [0.1, 0.15) is 5.75 Å². The van der Waals surface area contributed by atoms with Gasteiger partial charge in [0.25, 0.3) is 0 Å². The summed E-state index contributed by atoms with van der Waals surface area (Å²) in [7, 11) is 1.65. The largest absolute Gasteiger partial charge is 0.497 e. The third kappa shape index (κ3) is 2.66. The maximum atomic E-state index is 5.40. The third-order valence-electron chi connectivity index (χ3n) is 2.02. The summed E-state index contributed by atoms with van der Waals surface area (Å²) in [5.74, 6) is 1.95. The maximum absolute atomic E-state index is 5.40. The van der Waals surface area contributed by atoms with Crippen LogP contribution in [0.15, 0.2) is 29.4 Å². The summed E-state index contributed by atoms with van der Waals surface area (Å²) in [6.45, 7) is 0. The fourth-order valence-corrected chi connectivity index (χ4v) is 1.96. The van der Waals surface area contributed by atoms with E-state index in [4.69, 9.17) is 10.5 Å². The summed E-state index contributed by atoms with van der Waals surface area (Å²) in [5, 5.41) is 7.24. The second kappa shape index (κ2) is 4.89. The van der Waals surface area contributed by atoms with Gasteiger partial charge in [0, 0.05) is 5.75 Å². The molecule has 1 aromatic carbocycles. The fraction of sp³-hybridized carbons (Fsp3) is 0.200. The molecule has 0 radical (unpaired) electrons. The van der Waals surface area contributed by atoms with Gasteiger partial charge in [-0.05, 0) is 17.7 Å². The first-order valence-electron chi connectivity index (χ1n) is 4.71. The number of benzene rings is 1. The Balaban J connectivity index is 1.94. The number of H-pyrrole nitrogens is 1. The first-order chi connectivity index (χ1) is 7.78. The number of nitrogens with one attached hydrogen (secondary N) is 1. The average Bonchev–Trinajstić information content (AvgIpc) is 2.73. The Labute approximate surface area is 97.4 Å². The molecule has 0 aliphatic rings. The van der Waals surface area contributed by atoms with Gasteiger partial charge in [0.05, 0.1) is 7.11 Å². The molecular formula is C10H12N4OS. The van der Waals surface area contributed by atoms with E-state index in [-0.39, 0.29) is 5.95 Å². The van der Waals surface area contributed by atoms with Crippen LogP contribution in [-0.4, -0.2) is 22.3 Å². The number of nitrogens with two attached hydrogens (primary N) is 1. The molecule has 1 heterocycles. The van der Waals surface area contributed by atoms with Crippen molar-refractivity contribution in [3.63, 3.8) is 0 Å². The van der Waals surface area contributed by atoms with Crippen LogP contribution in [0.25, 0.3) is 0 Å². The van der Waals surface area contributed by atoms with Crippen LogP contribution in [0.5, 0.6) is 5.75 Å². The predicted molar refractivity (Wildman–Crippen MR) is 63.4 cm³/mol. The van der Waals surface area contributed by atoms with Crippen molar-refractivity contribution < 1.29 is 4.74 Å². The number of aromatic amines is 1. The van der Waals surface area contributed by atoms with Crippen LogP contribution in [0.3, 0.4) is 0 Å². The summed E-state index contributed by atoms with van der Waals surface area (Å²) < 4.78 is 5.08. The minimum atomic E-state index is 0.275. The Morgan fingerprint density at radius 1 is 1.38 bits per heavy atom. The monoisotopic (exact) mass is 236 g/mol. The normalized spacial score (nSPS) is 10.3. The number of thioether (sulfide) groups is 1. The molecule has 0 amide bonds. The molecule has 0 saturated carbocycles. The molecule has 3 N–H and O–H groups in total. The minimum Gasteiger partial charge on any atom is -0.497 e. The number of aromatic nitrogens is 3. The van der Waals surface area contributed by atoms with E-state index in [2.05, 4.69) is 15.2 Å². The van der Waals surface area contributed by atoms with Gasteiger partial charge in [-0.2, -0.15) is 4.98 Å². The van der Waals surface area contributed by atoms with E-state index in [1.165, 1.54) is 5.56 Å². The lowest BCUT2D eigenvalue weighted by molar-refractivity contribution is 0.414. The zero-order valence-corrected chi connectivity index (χ0v) is 9.62. The summed E-state index contributed by atoms with van der Waals surface area (Å²) in [6, 6.07) is 7.91. The number of ether oxygens (including phenoxy) is 1. The standard InChI is InChI=1S/C10H12N4OS/c1-15-8-4-2-7(3-5-8)6-16-10-12-9(11)13-14-10/h2-5H,6H2,1H3,(H3,11,12,13,14). The second-order valence-electron chi connectivity index (χ2n) is 3.14. The lowest BCUT2D eigenvalue weighted by Crippen LogP contribution is -1.86. The number of rotatable bonds is 4. The van der Waals surface area contributed by atoms with Gasteiger partial charge in [-0.1, -0.05) is 23.9 Å². The Morgan fingerprint density at radius 2 is 2.12 bits per heavy atom. The molecule has 0 spiro atoms. The lowest BCUT2D eigenvalue weighted by atomic mass is 10.2. The van der Waals surface area contributed by atoms with Gasteiger partial charge in [0.2, 0.25) is 5.95 Å². The molecule has 5 nitrogen and oxygen atoms in total. The van der Waals surface area contributed by atoms with Crippen LogP contribution in [0.1, 0.15) is 5.56 Å². The second-order valence-corrected chi connectivity index (χ2v) is 4.10. The highest BCUT2D eigenvalue weighted by Crippen LogP contribution is 2.20. The fourth-order valence-electron chi connectivity index (χ4n) is 1.20. The lowest BCUT2D eigenvalue weighted by Gasteiger charge is -2.01. The van der Waals surface area contributed by atoms with E-state index in [0.717, 1.165) is 16.7 Å². The molecule has 0 bridgehead atoms. The zero-order valence-electron chi connectivity index (χ0n) is 8.80. The van der Waals surface area contributed by atoms with Crippen LogP contribution in [0.2, 0.25) is 0 Å². The van der Waals surface area contributed by atoms with Crippen LogP contribution < -0.4 is 10.5 Å². The van der Waals surface area contributed by atoms with Gasteiger partial charge in [-0.3, -0.25) is 5.10 Å². The van der Waals surface area contributed by atoms with Crippen molar-refractivity contribution in [1.29, 1.82) is 0 Å². The van der Waals surface area contributed by atoms with Crippen molar-refractivity contribution in [3.05, 3.63) is 29.8 Å². The summed E-state index contributed by atoms with van der Waals surface area (Å²) in [5.41, 5.74) is 6.60. The SMILES string of the molecule is COc1ccc(CSc2nc(N)n[nH]2)cc1. The van der Waals surface area contributed by atoms with Crippen molar-refractivity contribution in [3.8, 4) is 5.75 Å². The summed E-state index contributed by atoms with van der Waals surface area (Å²) in [4.78, 5) is 4.01. The number of anilines is 1. The molecule has 0 saturated heterocycles. The maximum Gasteiger partial charge on any atom is 0.240 e. The Bertz CT molecular complexity index is 454. The minimum absolute atomic E-state index is 0.275. The molecule has 0 atom stereocenters. The van der Waals surface area contributed by atoms with Crippen molar-refractivity contribution in [2.75, 3.05) is 12.8 Å². The molecule has 0 aliphatic carbocycles. The first kappa shape index (κ1) is 10.8. The number of nitrogens with zero attached hydrogens (tertiary/aromatic N) is 2. The van der Waals surface area contributed by atoms with Crippen molar-refractivity contribution >= 4 is 17.7 Å². The van der Waals surface area contributed by atoms with Gasteiger partial charge in [-0.15, -0.1) is 5.10 Å². The molecule has 0 fully saturated rings. The van der Waals surface area contributed by atoms with E-state index in [1.54, 1.807) is 18.9 Å². The number of hydrogen-bond acceptors (Lipinski definition) is 5. The van der Waals surface area contributed by atoms with Crippen LogP contribution in [0, 0.1) is 0 Å². The van der Waals surface area contributed by atoms with Crippen molar-refractivity contribution in [2.24, 2.45) is 0 Å². The van der Waals surface area contributed by atoms with E-state index in [9.17, 15) is 0 Å². The smallest absolute Gasteiger partial charge is 0.240 e. The van der Waals surface area contributed by atoms with Crippen LogP contribution >= 0.6 is 11.8 Å². The molecule has 1 aromatic heterocycles. The summed E-state index contributed by atoms with van der Waals surface area (Å²) >= 11 is 1.56. The molecule has 2 rings (SSSR count). The molecule has 2 aromatic rings. The van der Waals surface area contributed by atoms with E-state index >= 15 is 0 Å². The van der Waals surface area contributed by atoms with E-state index < -0.39 is 0 Å². The topological polar surface area (TPSA) is 76.8 Å². The van der Waals surface area contributed by atoms with Gasteiger partial charge >= 0.3 is 0 Å². The average molecular weight is 236 g/mol. The molecule has 0 aliphatic heterocycles. The highest BCUT2D eigenvalue weighted by molar-refractivity contribution is 7.98. The molecule has 16 heavy (non-hydrogen) atoms. The highest BCUT2D eigenvalue weighted by Gasteiger charge is 2.01. The van der Waals surface area contributed by atoms with E-state index in [1.807, 2.05) is 24.3 Å². The van der Waals surface area contributed by atoms with Gasteiger partial charge in [0.15, 0.2) is 5.16 Å². The van der Waals surface area contributed by atoms with Gasteiger partial charge < -0.3 is 10.5 Å². The quantitative estimate of drug-likeness (QED) is 0.790. The third-order valence-corrected chi connectivity index (χ3v) is 2.95. The zero-order chi connectivity index (χ0) is 11.4. The van der Waals surface area contributed by atoms with Gasteiger partial charge in [-0.25, -0.2) is 0 Å². The summed E-state index contributed by atoms with van der Waals surface area (Å²) in [6.07, 6.45) is 0. The Hall–Kier alpha value is -1.69. The molecule has 84 valence electrons. The molecule has 6 heteroatoms. The Kier molecular flexibility index (Phi) is 3.31. The molecule has 0 unspecified atom stereocenters. The highest BCUT2D eigenvalue weighted by atomic mass is 32.2. The predicted octanol–water partition coefficient (Wildman–Crippen LogP) is 1.69. The van der Waals surface area contributed by atoms with Crippen molar-refractivity contribution in [1.82, 2.24) is 15.2 Å². The number of hydrogen-bond donors (Lipinski definition) is 2. The molecular weight excluding hydrogens is 224 g/mol. The van der Waals surface area contributed by atoms with Crippen LogP contribution in [0.4, 0.5) is 5.95 Å². The Morgan fingerprint density at radius 3 is 2.69 bits per heavy atom. The first-order valence-corrected chi connectivity index (χ1v) is 5.70. The number of methoxy groups -OCH3 is 1.